The van der Waals surface area contributed by atoms with Gasteiger partial charge in [0, 0.05) is 10.0 Å². The molecule has 3 saturated heterocycles. The summed E-state index contributed by atoms with van der Waals surface area (Å²) in [6, 6.07) is 15.4. The number of halogens is 1. The molecule has 3 amide bonds. The van der Waals surface area contributed by atoms with E-state index < -0.39 is 6.29 Å². The van der Waals surface area contributed by atoms with Crippen LogP contribution >= 0.6 is 27.7 Å². The van der Waals surface area contributed by atoms with E-state index in [9.17, 15) is 9.59 Å². The van der Waals surface area contributed by atoms with E-state index >= 15 is 0 Å². The number of methoxy groups -OCH3 is 1. The van der Waals surface area contributed by atoms with Crippen LogP contribution in [0.2, 0.25) is 0 Å². The zero-order valence-corrected chi connectivity index (χ0v) is 19.4. The van der Waals surface area contributed by atoms with Crippen LogP contribution < -0.4 is 10.2 Å². The molecule has 2 aromatic rings. The molecule has 0 aromatic heterocycles. The van der Waals surface area contributed by atoms with Gasteiger partial charge in [0.25, 0.3) is 0 Å². The zero-order valence-electron chi connectivity index (χ0n) is 17.0. The van der Waals surface area contributed by atoms with E-state index in [1.165, 1.54) is 0 Å². The third-order valence-electron chi connectivity index (χ3n) is 6.01. The van der Waals surface area contributed by atoms with E-state index in [-0.39, 0.29) is 23.2 Å². The van der Waals surface area contributed by atoms with Gasteiger partial charge in [0.1, 0.15) is 11.0 Å². The van der Waals surface area contributed by atoms with E-state index in [1.54, 1.807) is 28.8 Å². The number of thioether (sulfide) groups is 1. The molecule has 3 aliphatic heterocycles. The quantitative estimate of drug-likeness (QED) is 0.678. The smallest absolute Gasteiger partial charge is 0.337 e. The number of hydrogen-bond acceptors (Lipinski definition) is 5. The summed E-state index contributed by atoms with van der Waals surface area (Å²) in [6.07, 6.45) is 0.333. The van der Waals surface area contributed by atoms with Gasteiger partial charge in [-0.1, -0.05) is 46.3 Å². The molecule has 7 nitrogen and oxygen atoms in total. The highest BCUT2D eigenvalue weighted by Gasteiger charge is 2.55. The summed E-state index contributed by atoms with van der Waals surface area (Å²) in [5.41, 5.74) is 5.24. The lowest BCUT2D eigenvalue weighted by Crippen LogP contribution is -2.65. The van der Waals surface area contributed by atoms with Gasteiger partial charge in [0.15, 0.2) is 6.29 Å². The van der Waals surface area contributed by atoms with Crippen molar-refractivity contribution in [1.82, 2.24) is 20.2 Å². The largest absolute Gasteiger partial charge is 0.496 e. The maximum atomic E-state index is 13.4. The van der Waals surface area contributed by atoms with Gasteiger partial charge >= 0.3 is 6.03 Å². The van der Waals surface area contributed by atoms with Gasteiger partial charge in [-0.25, -0.2) is 4.79 Å². The maximum absolute atomic E-state index is 13.4. The number of carbonyl (C=O) groups excluding carboxylic acids is 2. The molecule has 3 aliphatic rings. The first kappa shape index (κ1) is 20.7. The van der Waals surface area contributed by atoms with Gasteiger partial charge in [0.05, 0.1) is 26.2 Å². The van der Waals surface area contributed by atoms with Crippen molar-refractivity contribution in [2.45, 2.75) is 37.1 Å². The second-order valence-electron chi connectivity index (χ2n) is 7.83. The monoisotopic (exact) mass is 502 g/mol. The van der Waals surface area contributed by atoms with E-state index in [2.05, 4.69) is 21.4 Å². The average Bonchev–Trinajstić information content (AvgIpc) is 3.38. The fraction of sp³-hybridized carbons (Fsp3) is 0.364. The molecule has 2 aromatic carbocycles. The number of amides is 3. The molecule has 1 N–H and O–H groups in total. The van der Waals surface area contributed by atoms with Gasteiger partial charge in [-0.3, -0.25) is 14.7 Å². The first-order valence-corrected chi connectivity index (χ1v) is 12.1. The van der Waals surface area contributed by atoms with Gasteiger partial charge < -0.3 is 9.64 Å². The molecule has 31 heavy (non-hydrogen) atoms. The number of nitrogens with zero attached hydrogens (tertiary/aromatic N) is 3. The Labute approximate surface area is 193 Å². The minimum Gasteiger partial charge on any atom is -0.496 e. The third kappa shape index (κ3) is 3.68. The van der Waals surface area contributed by atoms with Crippen molar-refractivity contribution in [2.75, 3.05) is 12.9 Å². The van der Waals surface area contributed by atoms with Gasteiger partial charge in [-0.15, -0.1) is 11.8 Å². The summed E-state index contributed by atoms with van der Waals surface area (Å²) in [5.74, 6) is 1.69. The molecule has 0 spiro atoms. The number of fused-ring (bicyclic) bond motifs is 3. The second-order valence-corrected chi connectivity index (χ2v) is 10.00. The predicted octanol–water partition coefficient (Wildman–Crippen LogP) is 3.40. The molecule has 0 bridgehead atoms. The lowest BCUT2D eigenvalue weighted by molar-refractivity contribution is -0.145. The molecule has 162 valence electrons. The van der Waals surface area contributed by atoms with Crippen LogP contribution in [0.3, 0.4) is 0 Å². The van der Waals surface area contributed by atoms with Crippen molar-refractivity contribution in [1.29, 1.82) is 0 Å². The van der Waals surface area contributed by atoms with Crippen LogP contribution in [-0.2, 0) is 17.9 Å². The highest BCUT2D eigenvalue weighted by atomic mass is 79.9. The van der Waals surface area contributed by atoms with Crippen molar-refractivity contribution < 1.29 is 14.3 Å². The van der Waals surface area contributed by atoms with Gasteiger partial charge in [-0.2, -0.15) is 5.43 Å². The van der Waals surface area contributed by atoms with E-state index in [0.29, 0.717) is 13.1 Å². The zero-order chi connectivity index (χ0) is 21.5. The summed E-state index contributed by atoms with van der Waals surface area (Å²) in [6.45, 7) is 0.806. The van der Waals surface area contributed by atoms with E-state index in [0.717, 1.165) is 33.5 Å². The van der Waals surface area contributed by atoms with Crippen LogP contribution in [0.25, 0.3) is 0 Å². The molecule has 3 unspecified atom stereocenters. The Morgan fingerprint density at radius 3 is 2.68 bits per heavy atom. The number of rotatable bonds is 5. The van der Waals surface area contributed by atoms with Crippen LogP contribution in [-0.4, -0.2) is 57.2 Å². The topological polar surface area (TPSA) is 65.1 Å². The third-order valence-corrected chi connectivity index (χ3v) is 7.89. The lowest BCUT2D eigenvalue weighted by Gasteiger charge is -2.44. The van der Waals surface area contributed by atoms with Crippen molar-refractivity contribution in [3.63, 3.8) is 0 Å². The van der Waals surface area contributed by atoms with Gasteiger partial charge in [-0.05, 0) is 35.9 Å². The number of urea groups is 1. The van der Waals surface area contributed by atoms with Gasteiger partial charge in [0.2, 0.25) is 5.91 Å². The molecule has 0 aliphatic carbocycles. The molecule has 0 saturated carbocycles. The number of nitrogens with one attached hydrogen (secondary N) is 1. The molecule has 9 heteroatoms. The van der Waals surface area contributed by atoms with E-state index in [1.807, 2.05) is 53.4 Å². The fourth-order valence-electron chi connectivity index (χ4n) is 4.49. The molecule has 3 heterocycles. The number of benzene rings is 2. The standard InChI is InChI=1S/C22H23BrN4O3S/c1-30-18-5-3-2-4-15(18)13-25-20(28)19-17(10-11-31-19)27-21(25)24-26(22(27)29)12-14-6-8-16(23)9-7-14/h2-9,17,19,21,24H,10-13H2,1H3. The van der Waals surface area contributed by atoms with Crippen LogP contribution in [0.1, 0.15) is 17.5 Å². The normalized spacial score (nSPS) is 25.1. The number of ether oxygens (including phenoxy) is 1. The SMILES string of the molecule is COc1ccccc1CN1C(=O)C2SCCC2N2C(=O)N(Cc3ccc(Br)cc3)NC12. The average molecular weight is 503 g/mol. The van der Waals surface area contributed by atoms with Crippen molar-refractivity contribution >= 4 is 39.6 Å². The molecule has 3 atom stereocenters. The van der Waals surface area contributed by atoms with Crippen molar-refractivity contribution in [3.05, 3.63) is 64.1 Å². The Kier molecular flexibility index (Phi) is 5.58. The highest BCUT2D eigenvalue weighted by molar-refractivity contribution is 9.10. The number of para-hydroxylation sites is 1. The van der Waals surface area contributed by atoms with Crippen molar-refractivity contribution in [2.24, 2.45) is 0 Å². The Hall–Kier alpha value is -2.23. The van der Waals surface area contributed by atoms with Crippen LogP contribution in [0, 0.1) is 0 Å². The maximum Gasteiger partial charge on any atom is 0.337 e. The minimum atomic E-state index is -0.500. The summed E-state index contributed by atoms with van der Waals surface area (Å²) >= 11 is 5.10. The first-order valence-electron chi connectivity index (χ1n) is 10.2. The number of hydrogen-bond donors (Lipinski definition) is 1. The summed E-state index contributed by atoms with van der Waals surface area (Å²) in [4.78, 5) is 30.5. The predicted molar refractivity (Wildman–Crippen MR) is 122 cm³/mol. The first-order chi connectivity index (χ1) is 15.1. The second kappa shape index (κ2) is 8.37. The Bertz CT molecular complexity index is 1000. The summed E-state index contributed by atoms with van der Waals surface area (Å²) in [7, 11) is 1.63. The van der Waals surface area contributed by atoms with Crippen LogP contribution in [0.15, 0.2) is 53.0 Å². The fourth-order valence-corrected chi connectivity index (χ4v) is 6.16. The lowest BCUT2D eigenvalue weighted by atomic mass is 10.0. The Balaban J connectivity index is 1.44. The number of carbonyl (C=O) groups is 2. The summed E-state index contributed by atoms with van der Waals surface area (Å²) in [5, 5.41) is 1.41. The number of hydrazine groups is 1. The Morgan fingerprint density at radius 1 is 1.13 bits per heavy atom. The van der Waals surface area contributed by atoms with Crippen LogP contribution in [0.4, 0.5) is 4.79 Å². The molecule has 0 radical (unpaired) electrons. The molecule has 5 rings (SSSR count). The highest BCUT2D eigenvalue weighted by Crippen LogP contribution is 2.40. The van der Waals surface area contributed by atoms with E-state index in [4.69, 9.17) is 4.74 Å². The molecular formula is C22H23BrN4O3S. The van der Waals surface area contributed by atoms with Crippen LogP contribution in [0.5, 0.6) is 5.75 Å². The summed E-state index contributed by atoms with van der Waals surface area (Å²) < 4.78 is 6.49. The Morgan fingerprint density at radius 2 is 1.90 bits per heavy atom. The molecule has 3 fully saturated rings. The minimum absolute atomic E-state index is 0.0745. The molecular weight excluding hydrogens is 480 g/mol. The van der Waals surface area contributed by atoms with Crippen molar-refractivity contribution in [3.8, 4) is 5.75 Å².